The van der Waals surface area contributed by atoms with Gasteiger partial charge < -0.3 is 9.84 Å². The first-order chi connectivity index (χ1) is 11.2. The molecule has 0 fully saturated rings. The molecule has 3 aromatic rings. The Morgan fingerprint density at radius 1 is 1.26 bits per heavy atom. The Kier molecular flexibility index (Phi) is 4.97. The number of hydrogen-bond donors (Lipinski definition) is 1. The van der Waals surface area contributed by atoms with Crippen LogP contribution in [0.5, 0.6) is 0 Å². The van der Waals surface area contributed by atoms with Crippen molar-refractivity contribution in [3.63, 3.8) is 0 Å². The highest BCUT2D eigenvalue weighted by Gasteiger charge is 2.07. The van der Waals surface area contributed by atoms with Gasteiger partial charge in [0.15, 0.2) is 5.82 Å². The molecule has 0 aliphatic heterocycles. The first-order valence-electron chi connectivity index (χ1n) is 7.61. The van der Waals surface area contributed by atoms with E-state index in [1.54, 1.807) is 18.3 Å². The van der Waals surface area contributed by atoms with E-state index in [1.165, 1.54) is 4.70 Å². The van der Waals surface area contributed by atoms with Crippen molar-refractivity contribution in [3.8, 4) is 0 Å². The lowest BCUT2D eigenvalue weighted by Crippen LogP contribution is -2.25. The number of aromatic nitrogens is 3. The van der Waals surface area contributed by atoms with E-state index in [2.05, 4.69) is 26.5 Å². The van der Waals surface area contributed by atoms with E-state index in [9.17, 15) is 4.79 Å². The summed E-state index contributed by atoms with van der Waals surface area (Å²) in [6, 6.07) is 8.13. The second-order valence-corrected chi connectivity index (χ2v) is 6.38. The van der Waals surface area contributed by atoms with Gasteiger partial charge in [-0.25, -0.2) is 4.98 Å². The zero-order chi connectivity index (χ0) is 16.1. The quantitative estimate of drug-likeness (QED) is 0.674. The number of amides is 1. The smallest absolute Gasteiger partial charge is 0.227 e. The summed E-state index contributed by atoms with van der Waals surface area (Å²) >= 11 is 1.71. The molecule has 0 unspecified atom stereocenters. The molecule has 3 rings (SSSR count). The summed E-state index contributed by atoms with van der Waals surface area (Å²) in [6.07, 6.45) is 2.60. The van der Waals surface area contributed by atoms with Crippen molar-refractivity contribution in [1.29, 1.82) is 0 Å². The number of aryl methyl sites for hydroxylation is 3. The maximum atomic E-state index is 11.8. The van der Waals surface area contributed by atoms with Gasteiger partial charge in [0.1, 0.15) is 0 Å². The summed E-state index contributed by atoms with van der Waals surface area (Å²) < 4.78 is 6.19. The Bertz CT molecular complexity index is 763. The van der Waals surface area contributed by atoms with Crippen LogP contribution in [0.1, 0.15) is 29.6 Å². The molecular formula is C16H18N4O2S. The molecule has 0 bridgehead atoms. The highest BCUT2D eigenvalue weighted by molar-refractivity contribution is 7.18. The minimum atomic E-state index is 0.00477. The lowest BCUT2D eigenvalue weighted by molar-refractivity contribution is -0.121. The molecular weight excluding hydrogens is 312 g/mol. The highest BCUT2D eigenvalue weighted by atomic mass is 32.1. The molecule has 0 saturated heterocycles. The Balaban J connectivity index is 1.36. The number of carbonyl (C=O) groups is 1. The third kappa shape index (κ3) is 4.35. The van der Waals surface area contributed by atoms with Crippen LogP contribution in [0.25, 0.3) is 10.2 Å². The third-order valence-corrected chi connectivity index (χ3v) is 4.46. The zero-order valence-electron chi connectivity index (χ0n) is 12.9. The van der Waals surface area contributed by atoms with Crippen LogP contribution in [0, 0.1) is 6.92 Å². The number of nitrogens with one attached hydrogen (secondary N) is 1. The molecule has 1 N–H and O–H groups in total. The lowest BCUT2D eigenvalue weighted by atomic mass is 10.2. The largest absolute Gasteiger partial charge is 0.356 e. The van der Waals surface area contributed by atoms with Crippen molar-refractivity contribution in [3.05, 3.63) is 41.0 Å². The minimum Gasteiger partial charge on any atom is -0.356 e. The van der Waals surface area contributed by atoms with Gasteiger partial charge in [-0.1, -0.05) is 17.3 Å². The summed E-state index contributed by atoms with van der Waals surface area (Å²) in [5.74, 6) is 1.11. The number of nitrogens with zero attached hydrogens (tertiary/aromatic N) is 3. The topological polar surface area (TPSA) is 80.9 Å². The SMILES string of the molecule is Cc1noc(CCC(=O)NCCCc2nc3ccccc3s2)n1. The third-order valence-electron chi connectivity index (χ3n) is 3.36. The Morgan fingerprint density at radius 2 is 2.13 bits per heavy atom. The van der Waals surface area contributed by atoms with Crippen molar-refractivity contribution in [2.75, 3.05) is 6.54 Å². The molecule has 0 spiro atoms. The minimum absolute atomic E-state index is 0.00477. The van der Waals surface area contributed by atoms with Gasteiger partial charge in [0.25, 0.3) is 0 Å². The molecule has 6 nitrogen and oxygen atoms in total. The van der Waals surface area contributed by atoms with Crippen LogP contribution in [-0.2, 0) is 17.6 Å². The molecule has 0 saturated carbocycles. The number of hydrogen-bond acceptors (Lipinski definition) is 6. The van der Waals surface area contributed by atoms with Crippen LogP contribution in [0.3, 0.4) is 0 Å². The van der Waals surface area contributed by atoms with Crippen LogP contribution in [0.4, 0.5) is 0 Å². The average Bonchev–Trinajstić information content (AvgIpc) is 3.15. The van der Waals surface area contributed by atoms with Crippen LogP contribution in [-0.4, -0.2) is 27.6 Å². The molecule has 0 radical (unpaired) electrons. The van der Waals surface area contributed by atoms with Gasteiger partial charge in [0.05, 0.1) is 15.2 Å². The van der Waals surface area contributed by atoms with Gasteiger partial charge in [0, 0.05) is 25.8 Å². The summed E-state index contributed by atoms with van der Waals surface area (Å²) in [7, 11) is 0. The second-order valence-electron chi connectivity index (χ2n) is 5.26. The lowest BCUT2D eigenvalue weighted by Gasteiger charge is -2.02. The van der Waals surface area contributed by atoms with Crippen molar-refractivity contribution in [1.82, 2.24) is 20.4 Å². The van der Waals surface area contributed by atoms with Gasteiger partial charge in [0.2, 0.25) is 11.8 Å². The van der Waals surface area contributed by atoms with E-state index in [4.69, 9.17) is 4.52 Å². The number of thiazole rings is 1. The van der Waals surface area contributed by atoms with Gasteiger partial charge in [-0.3, -0.25) is 4.79 Å². The molecule has 0 aliphatic rings. The standard InChI is InChI=1S/C16H18N4O2S/c1-11-18-15(22-20-11)9-8-14(21)17-10-4-7-16-19-12-5-2-3-6-13(12)23-16/h2-3,5-6H,4,7-10H2,1H3,(H,17,21). The predicted molar refractivity (Wildman–Crippen MR) is 88.3 cm³/mol. The number of benzene rings is 1. The molecule has 1 aromatic carbocycles. The summed E-state index contributed by atoms with van der Waals surface area (Å²) in [4.78, 5) is 20.4. The molecule has 1 amide bonds. The summed E-state index contributed by atoms with van der Waals surface area (Å²) in [5.41, 5.74) is 1.05. The van der Waals surface area contributed by atoms with E-state index >= 15 is 0 Å². The number of rotatable bonds is 7. The summed E-state index contributed by atoms with van der Waals surface area (Å²) in [5, 5.41) is 7.72. The van der Waals surface area contributed by atoms with E-state index < -0.39 is 0 Å². The second kappa shape index (κ2) is 7.32. The van der Waals surface area contributed by atoms with E-state index in [-0.39, 0.29) is 5.91 Å². The first kappa shape index (κ1) is 15.6. The Hall–Kier alpha value is -2.28. The van der Waals surface area contributed by atoms with Crippen LogP contribution in [0.15, 0.2) is 28.8 Å². The van der Waals surface area contributed by atoms with Gasteiger partial charge in [-0.2, -0.15) is 4.98 Å². The highest BCUT2D eigenvalue weighted by Crippen LogP contribution is 2.22. The fraction of sp³-hybridized carbons (Fsp3) is 0.375. The van der Waals surface area contributed by atoms with Crippen molar-refractivity contribution >= 4 is 27.5 Å². The molecule has 2 aromatic heterocycles. The van der Waals surface area contributed by atoms with E-state index in [0.29, 0.717) is 31.1 Å². The van der Waals surface area contributed by atoms with Gasteiger partial charge in [-0.05, 0) is 25.5 Å². The van der Waals surface area contributed by atoms with Gasteiger partial charge in [-0.15, -0.1) is 11.3 Å². The van der Waals surface area contributed by atoms with Crippen molar-refractivity contribution < 1.29 is 9.32 Å². The fourth-order valence-electron chi connectivity index (χ4n) is 2.24. The Labute approximate surface area is 137 Å². The van der Waals surface area contributed by atoms with Crippen molar-refractivity contribution in [2.45, 2.75) is 32.6 Å². The van der Waals surface area contributed by atoms with E-state index in [0.717, 1.165) is 23.4 Å². The maximum Gasteiger partial charge on any atom is 0.227 e. The van der Waals surface area contributed by atoms with Crippen molar-refractivity contribution in [2.24, 2.45) is 0 Å². The van der Waals surface area contributed by atoms with Crippen LogP contribution >= 0.6 is 11.3 Å². The normalized spacial score (nSPS) is 11.0. The molecule has 23 heavy (non-hydrogen) atoms. The van der Waals surface area contributed by atoms with Gasteiger partial charge >= 0.3 is 0 Å². The van der Waals surface area contributed by atoms with Crippen LogP contribution < -0.4 is 5.32 Å². The number of fused-ring (bicyclic) bond motifs is 1. The Morgan fingerprint density at radius 3 is 2.91 bits per heavy atom. The van der Waals surface area contributed by atoms with E-state index in [1.807, 2.05) is 18.2 Å². The first-order valence-corrected chi connectivity index (χ1v) is 8.43. The fourth-order valence-corrected chi connectivity index (χ4v) is 3.25. The average molecular weight is 330 g/mol. The predicted octanol–water partition coefficient (Wildman–Crippen LogP) is 2.67. The zero-order valence-corrected chi connectivity index (χ0v) is 13.7. The molecule has 7 heteroatoms. The number of para-hydroxylation sites is 1. The molecule has 120 valence electrons. The summed E-state index contributed by atoms with van der Waals surface area (Å²) in [6.45, 7) is 2.41. The monoisotopic (exact) mass is 330 g/mol. The molecule has 0 atom stereocenters. The maximum absolute atomic E-state index is 11.8. The van der Waals surface area contributed by atoms with Crippen LogP contribution in [0.2, 0.25) is 0 Å². The molecule has 0 aliphatic carbocycles. The number of carbonyl (C=O) groups excluding carboxylic acids is 1. The molecule has 2 heterocycles.